The minimum atomic E-state index is -1.04. The standard InChI is InChI=1S/C10H13NO3/c1-10(2,14)8-3-4-11-6-7(5-8)9(12)13/h4-6,14H,3H2,1-2H3,(H,12,13). The molecule has 0 spiro atoms. The summed E-state index contributed by atoms with van der Waals surface area (Å²) in [6, 6.07) is 0. The number of nitrogens with zero attached hydrogens (tertiary/aromatic N) is 1. The van der Waals surface area contributed by atoms with Crippen LogP contribution in [0.15, 0.2) is 28.4 Å². The second kappa shape index (κ2) is 3.75. The number of carboxylic acids is 1. The van der Waals surface area contributed by atoms with Crippen molar-refractivity contribution in [3.05, 3.63) is 23.4 Å². The summed E-state index contributed by atoms with van der Waals surface area (Å²) in [6.45, 7) is 3.24. The molecule has 4 heteroatoms. The molecule has 0 saturated carbocycles. The van der Waals surface area contributed by atoms with Crippen LogP contribution in [0.3, 0.4) is 0 Å². The number of aliphatic carboxylic acids is 1. The first-order valence-electron chi connectivity index (χ1n) is 4.30. The molecule has 76 valence electrons. The summed E-state index contributed by atoms with van der Waals surface area (Å²) >= 11 is 0. The van der Waals surface area contributed by atoms with Crippen molar-refractivity contribution in [1.82, 2.24) is 0 Å². The Labute approximate surface area is 82.3 Å². The predicted molar refractivity (Wildman–Crippen MR) is 53.2 cm³/mol. The molecule has 14 heavy (non-hydrogen) atoms. The molecule has 0 atom stereocenters. The Bertz CT molecular complexity index is 332. The van der Waals surface area contributed by atoms with E-state index >= 15 is 0 Å². The topological polar surface area (TPSA) is 69.9 Å². The van der Waals surface area contributed by atoms with Crippen LogP contribution in [0.5, 0.6) is 0 Å². The molecule has 0 radical (unpaired) electrons. The summed E-state index contributed by atoms with van der Waals surface area (Å²) in [4.78, 5) is 14.5. The van der Waals surface area contributed by atoms with E-state index in [1.165, 1.54) is 12.3 Å². The SMILES string of the molecule is CC(C)(O)C1=CC(C(=O)O)=CN=CC1. The lowest BCUT2D eigenvalue weighted by molar-refractivity contribution is -0.132. The lowest BCUT2D eigenvalue weighted by Gasteiger charge is -2.20. The van der Waals surface area contributed by atoms with E-state index < -0.39 is 11.6 Å². The maximum atomic E-state index is 10.7. The van der Waals surface area contributed by atoms with Crippen LogP contribution in [0, 0.1) is 0 Å². The lowest BCUT2D eigenvalue weighted by atomic mass is 9.94. The minimum absolute atomic E-state index is 0.0934. The highest BCUT2D eigenvalue weighted by Gasteiger charge is 2.20. The second-order valence-corrected chi connectivity index (χ2v) is 3.65. The molecule has 1 aliphatic heterocycles. The van der Waals surface area contributed by atoms with Crippen LogP contribution in [-0.4, -0.2) is 28.0 Å². The van der Waals surface area contributed by atoms with E-state index in [9.17, 15) is 9.90 Å². The maximum Gasteiger partial charge on any atom is 0.337 e. The molecule has 0 bridgehead atoms. The first-order valence-corrected chi connectivity index (χ1v) is 4.30. The molecular formula is C10H13NO3. The van der Waals surface area contributed by atoms with Crippen molar-refractivity contribution in [1.29, 1.82) is 0 Å². The summed E-state index contributed by atoms with van der Waals surface area (Å²) < 4.78 is 0. The van der Waals surface area contributed by atoms with Gasteiger partial charge in [0.1, 0.15) is 0 Å². The number of hydrogen-bond acceptors (Lipinski definition) is 3. The molecule has 1 heterocycles. The van der Waals surface area contributed by atoms with Gasteiger partial charge >= 0.3 is 5.97 Å². The Balaban J connectivity index is 3.06. The molecule has 0 aromatic carbocycles. The zero-order valence-electron chi connectivity index (χ0n) is 8.19. The third kappa shape index (κ3) is 2.53. The van der Waals surface area contributed by atoms with Gasteiger partial charge in [0.15, 0.2) is 0 Å². The molecule has 0 saturated heterocycles. The molecule has 0 aliphatic carbocycles. The van der Waals surface area contributed by atoms with Crippen LogP contribution in [0.25, 0.3) is 0 Å². The van der Waals surface area contributed by atoms with Gasteiger partial charge in [0, 0.05) is 18.8 Å². The number of rotatable bonds is 2. The van der Waals surface area contributed by atoms with E-state index in [0.29, 0.717) is 12.0 Å². The van der Waals surface area contributed by atoms with Crippen LogP contribution in [0.4, 0.5) is 0 Å². The highest BCUT2D eigenvalue weighted by Crippen LogP contribution is 2.21. The van der Waals surface area contributed by atoms with E-state index in [-0.39, 0.29) is 5.57 Å². The largest absolute Gasteiger partial charge is 0.478 e. The van der Waals surface area contributed by atoms with Gasteiger partial charge < -0.3 is 10.2 Å². The highest BCUT2D eigenvalue weighted by molar-refractivity contribution is 5.91. The average Bonchev–Trinajstić information content (AvgIpc) is 2.26. The Morgan fingerprint density at radius 2 is 2.21 bits per heavy atom. The molecule has 0 fully saturated rings. The van der Waals surface area contributed by atoms with E-state index in [2.05, 4.69) is 4.99 Å². The van der Waals surface area contributed by atoms with Gasteiger partial charge in [-0.3, -0.25) is 4.99 Å². The van der Waals surface area contributed by atoms with E-state index in [1.54, 1.807) is 20.1 Å². The first-order chi connectivity index (χ1) is 6.41. The Hall–Kier alpha value is -1.42. The van der Waals surface area contributed by atoms with E-state index in [0.717, 1.165) is 0 Å². The normalized spacial score (nSPS) is 17.1. The molecule has 0 aromatic rings. The van der Waals surface area contributed by atoms with Crippen LogP contribution >= 0.6 is 0 Å². The van der Waals surface area contributed by atoms with Gasteiger partial charge in [-0.2, -0.15) is 0 Å². The van der Waals surface area contributed by atoms with E-state index in [1.807, 2.05) is 0 Å². The highest BCUT2D eigenvalue weighted by atomic mass is 16.4. The smallest absolute Gasteiger partial charge is 0.337 e. The van der Waals surface area contributed by atoms with Gasteiger partial charge in [-0.1, -0.05) is 0 Å². The summed E-state index contributed by atoms with van der Waals surface area (Å²) in [5.74, 6) is -1.04. The molecule has 0 aromatic heterocycles. The van der Waals surface area contributed by atoms with Crippen molar-refractivity contribution in [2.45, 2.75) is 25.9 Å². The monoisotopic (exact) mass is 195 g/mol. The van der Waals surface area contributed by atoms with E-state index in [4.69, 9.17) is 5.11 Å². The van der Waals surface area contributed by atoms with Crippen molar-refractivity contribution in [2.24, 2.45) is 4.99 Å². The van der Waals surface area contributed by atoms with Crippen molar-refractivity contribution in [3.63, 3.8) is 0 Å². The van der Waals surface area contributed by atoms with Gasteiger partial charge in [0.25, 0.3) is 0 Å². The maximum absolute atomic E-state index is 10.7. The minimum Gasteiger partial charge on any atom is -0.478 e. The van der Waals surface area contributed by atoms with Gasteiger partial charge in [0.05, 0.1) is 11.2 Å². The predicted octanol–water partition coefficient (Wildman–Crippen LogP) is 1.13. The number of carbonyl (C=O) groups is 1. The van der Waals surface area contributed by atoms with Crippen LogP contribution in [0.2, 0.25) is 0 Å². The Morgan fingerprint density at radius 1 is 1.57 bits per heavy atom. The first kappa shape index (κ1) is 10.7. The summed E-state index contributed by atoms with van der Waals surface area (Å²) in [7, 11) is 0. The summed E-state index contributed by atoms with van der Waals surface area (Å²) in [5.41, 5.74) is -0.270. The third-order valence-electron chi connectivity index (χ3n) is 1.99. The number of aliphatic imine (C=N–C) groups is 1. The zero-order valence-corrected chi connectivity index (χ0v) is 8.19. The van der Waals surface area contributed by atoms with Crippen LogP contribution < -0.4 is 0 Å². The van der Waals surface area contributed by atoms with Crippen LogP contribution in [-0.2, 0) is 4.79 Å². The number of aliphatic hydroxyl groups is 1. The second-order valence-electron chi connectivity index (χ2n) is 3.65. The average molecular weight is 195 g/mol. The molecule has 0 unspecified atom stereocenters. The zero-order chi connectivity index (χ0) is 10.8. The molecule has 1 rings (SSSR count). The number of carboxylic acid groups (broad SMARTS) is 1. The van der Waals surface area contributed by atoms with Gasteiger partial charge in [-0.25, -0.2) is 4.79 Å². The molecule has 2 N–H and O–H groups in total. The fourth-order valence-corrected chi connectivity index (χ4v) is 1.11. The van der Waals surface area contributed by atoms with Crippen molar-refractivity contribution in [2.75, 3.05) is 0 Å². The Morgan fingerprint density at radius 3 is 2.71 bits per heavy atom. The van der Waals surface area contributed by atoms with Gasteiger partial charge in [0.2, 0.25) is 0 Å². The molecular weight excluding hydrogens is 182 g/mol. The summed E-state index contributed by atoms with van der Waals surface area (Å²) in [6.07, 6.45) is 4.80. The quantitative estimate of drug-likeness (QED) is 0.693. The van der Waals surface area contributed by atoms with Gasteiger partial charge in [-0.05, 0) is 25.5 Å². The fourth-order valence-electron chi connectivity index (χ4n) is 1.11. The number of hydrogen-bond donors (Lipinski definition) is 2. The molecule has 0 amide bonds. The lowest BCUT2D eigenvalue weighted by Crippen LogP contribution is -2.22. The molecule has 4 nitrogen and oxygen atoms in total. The van der Waals surface area contributed by atoms with Gasteiger partial charge in [-0.15, -0.1) is 0 Å². The van der Waals surface area contributed by atoms with Crippen LogP contribution in [0.1, 0.15) is 20.3 Å². The van der Waals surface area contributed by atoms with Crippen molar-refractivity contribution in [3.8, 4) is 0 Å². The van der Waals surface area contributed by atoms with Crippen molar-refractivity contribution >= 4 is 12.2 Å². The molecule has 1 aliphatic rings. The fraction of sp³-hybridized carbons (Fsp3) is 0.400. The Kier molecular flexibility index (Phi) is 2.86. The van der Waals surface area contributed by atoms with Crippen molar-refractivity contribution < 1.29 is 15.0 Å². The summed E-state index contributed by atoms with van der Waals surface area (Å²) in [5, 5.41) is 18.5. The third-order valence-corrected chi connectivity index (χ3v) is 1.99.